The highest BCUT2D eigenvalue weighted by Gasteiger charge is 2.44. The van der Waals surface area contributed by atoms with E-state index in [2.05, 4.69) is 16.9 Å². The molecule has 3 atom stereocenters. The van der Waals surface area contributed by atoms with Crippen LogP contribution in [0.4, 0.5) is 0 Å². The van der Waals surface area contributed by atoms with Gasteiger partial charge >= 0.3 is 0 Å². The number of amides is 2. The first-order chi connectivity index (χ1) is 15.0. The summed E-state index contributed by atoms with van der Waals surface area (Å²) < 4.78 is 0. The van der Waals surface area contributed by atoms with Gasteiger partial charge in [-0.05, 0) is 50.2 Å². The van der Waals surface area contributed by atoms with Crippen molar-refractivity contribution in [2.75, 3.05) is 13.1 Å². The van der Waals surface area contributed by atoms with Gasteiger partial charge in [-0.15, -0.1) is 0 Å². The Kier molecular flexibility index (Phi) is 5.08. The molecule has 0 unspecified atom stereocenters. The molecule has 0 spiro atoms. The first-order valence-corrected chi connectivity index (χ1v) is 11.1. The summed E-state index contributed by atoms with van der Waals surface area (Å²) in [4.78, 5) is 54.1. The molecule has 2 fully saturated rings. The maximum atomic E-state index is 13.0. The normalized spacial score (nSPS) is 25.1. The molecule has 8 nitrogen and oxygen atoms in total. The molecule has 1 N–H and O–H groups in total. The van der Waals surface area contributed by atoms with E-state index in [4.69, 9.17) is 4.98 Å². The van der Waals surface area contributed by atoms with Gasteiger partial charge in [0.2, 0.25) is 5.91 Å². The number of aromatic nitrogens is 3. The number of nitrogens with zero attached hydrogens (tertiary/aromatic N) is 4. The van der Waals surface area contributed by atoms with Crippen molar-refractivity contribution in [3.63, 3.8) is 0 Å². The fraction of sp³-hybridized carbons (Fsp3) is 0.522. The molecule has 3 aliphatic rings. The lowest BCUT2D eigenvalue weighted by atomic mass is 9.99. The topological polar surface area (TPSA) is 99.3 Å². The van der Waals surface area contributed by atoms with Gasteiger partial charge < -0.3 is 14.8 Å². The number of hydrogen-bond donors (Lipinski definition) is 1. The number of carbonyl (C=O) groups is 2. The van der Waals surface area contributed by atoms with Crippen LogP contribution in [-0.2, 0) is 17.8 Å². The number of nitrogens with one attached hydrogen (secondary N) is 1. The Morgan fingerprint density at radius 2 is 1.94 bits per heavy atom. The summed E-state index contributed by atoms with van der Waals surface area (Å²) in [6.45, 7) is 3.59. The molecule has 0 bridgehead atoms. The largest absolute Gasteiger partial charge is 0.332 e. The Bertz CT molecular complexity index is 1070. The number of hydrogen-bond acceptors (Lipinski definition) is 5. The molecule has 1 saturated heterocycles. The maximum absolute atomic E-state index is 13.0. The Hall–Kier alpha value is -3.03. The number of rotatable bonds is 3. The van der Waals surface area contributed by atoms with Gasteiger partial charge in [0.05, 0.1) is 18.3 Å². The second-order valence-corrected chi connectivity index (χ2v) is 8.95. The van der Waals surface area contributed by atoms with Crippen LogP contribution >= 0.6 is 0 Å². The fourth-order valence-electron chi connectivity index (χ4n) is 4.83. The van der Waals surface area contributed by atoms with Gasteiger partial charge in [-0.1, -0.05) is 6.92 Å². The molecule has 2 aromatic rings. The van der Waals surface area contributed by atoms with Crippen molar-refractivity contribution >= 4 is 11.8 Å². The third-order valence-electron chi connectivity index (χ3n) is 6.83. The number of carbonyl (C=O) groups excluding carboxylic acids is 2. The van der Waals surface area contributed by atoms with Crippen LogP contribution in [-0.4, -0.2) is 49.7 Å². The first kappa shape index (κ1) is 19.9. The van der Waals surface area contributed by atoms with Gasteiger partial charge in [0.1, 0.15) is 5.82 Å². The average molecular weight is 422 g/mol. The van der Waals surface area contributed by atoms with Crippen LogP contribution in [0.5, 0.6) is 0 Å². The predicted octanol–water partition coefficient (Wildman–Crippen LogP) is 2.07. The Morgan fingerprint density at radius 1 is 1.16 bits per heavy atom. The van der Waals surface area contributed by atoms with E-state index in [9.17, 15) is 14.4 Å². The summed E-state index contributed by atoms with van der Waals surface area (Å²) in [5.41, 5.74) is 1.72. The van der Waals surface area contributed by atoms with Crippen LogP contribution in [0.1, 0.15) is 66.1 Å². The van der Waals surface area contributed by atoms with Crippen molar-refractivity contribution in [3.8, 4) is 0 Å². The molecular weight excluding hydrogens is 394 g/mol. The number of H-pyrrole nitrogens is 1. The first-order valence-electron chi connectivity index (χ1n) is 11.1. The lowest BCUT2D eigenvalue weighted by Gasteiger charge is -2.36. The van der Waals surface area contributed by atoms with Crippen molar-refractivity contribution in [2.24, 2.45) is 11.8 Å². The predicted molar refractivity (Wildman–Crippen MR) is 113 cm³/mol. The van der Waals surface area contributed by atoms with Gasteiger partial charge in [0.25, 0.3) is 11.5 Å². The van der Waals surface area contributed by atoms with Gasteiger partial charge in [-0.3, -0.25) is 19.4 Å². The number of likely N-dealkylation sites (tertiary alicyclic amines) is 1. The number of pyridine rings is 1. The standard InChI is InChI=1S/C23H27N5O3/c1-14-12-17(14)23(31)28-10-3-2-4-19(28)20-25-18-13-27(11-7-16(18)21(29)26-20)22(30)15-5-8-24-9-6-15/h5-6,8-9,14,17,19H,2-4,7,10-13H2,1H3,(H,25,26,29)/t14-,17+,19-/m1/s1. The molecule has 5 rings (SSSR count). The van der Waals surface area contributed by atoms with Crippen molar-refractivity contribution in [1.82, 2.24) is 24.8 Å². The molecular formula is C23H27N5O3. The number of piperidine rings is 1. The highest BCUT2D eigenvalue weighted by atomic mass is 16.2. The number of aromatic amines is 1. The summed E-state index contributed by atoms with van der Waals surface area (Å²) in [5, 5.41) is 0. The highest BCUT2D eigenvalue weighted by Crippen LogP contribution is 2.42. The minimum Gasteiger partial charge on any atom is -0.332 e. The van der Waals surface area contributed by atoms with E-state index in [-0.39, 0.29) is 29.3 Å². The van der Waals surface area contributed by atoms with Crippen molar-refractivity contribution in [1.29, 1.82) is 0 Å². The third kappa shape index (κ3) is 3.75. The van der Waals surface area contributed by atoms with Crippen LogP contribution in [0.25, 0.3) is 0 Å². The van der Waals surface area contributed by atoms with Gasteiger partial charge in [-0.2, -0.15) is 0 Å². The minimum absolute atomic E-state index is 0.0890. The zero-order valence-electron chi connectivity index (χ0n) is 17.7. The van der Waals surface area contributed by atoms with Gasteiger partial charge in [0.15, 0.2) is 0 Å². The lowest BCUT2D eigenvalue weighted by Crippen LogP contribution is -2.43. The van der Waals surface area contributed by atoms with E-state index in [0.29, 0.717) is 54.6 Å². The molecule has 8 heteroatoms. The monoisotopic (exact) mass is 421 g/mol. The minimum atomic E-state index is -0.196. The molecule has 1 aliphatic carbocycles. The SMILES string of the molecule is C[C@@H]1C[C@@H]1C(=O)N1CCCC[C@@H]1c1nc2c(c(=O)[nH]1)CCN(C(=O)c1ccncc1)C2. The van der Waals surface area contributed by atoms with E-state index in [1.165, 1.54) is 0 Å². The van der Waals surface area contributed by atoms with Crippen LogP contribution in [0.2, 0.25) is 0 Å². The van der Waals surface area contributed by atoms with Gasteiger partial charge in [0, 0.05) is 42.5 Å². The number of fused-ring (bicyclic) bond motifs is 1. The average Bonchev–Trinajstić information content (AvgIpc) is 3.54. The van der Waals surface area contributed by atoms with E-state index >= 15 is 0 Å². The molecule has 2 aliphatic heterocycles. The van der Waals surface area contributed by atoms with Crippen molar-refractivity contribution in [2.45, 2.75) is 51.6 Å². The van der Waals surface area contributed by atoms with Gasteiger partial charge in [-0.25, -0.2) is 4.98 Å². The molecule has 1 saturated carbocycles. The summed E-state index contributed by atoms with van der Waals surface area (Å²) >= 11 is 0. The lowest BCUT2D eigenvalue weighted by molar-refractivity contribution is -0.137. The zero-order valence-corrected chi connectivity index (χ0v) is 17.7. The maximum Gasteiger partial charge on any atom is 0.254 e. The zero-order chi connectivity index (χ0) is 21.5. The summed E-state index contributed by atoms with van der Waals surface area (Å²) in [6, 6.07) is 3.19. The van der Waals surface area contributed by atoms with Crippen LogP contribution in [0.3, 0.4) is 0 Å². The second-order valence-electron chi connectivity index (χ2n) is 8.95. The Balaban J connectivity index is 1.42. The molecule has 0 radical (unpaired) electrons. The van der Waals surface area contributed by atoms with E-state index in [1.54, 1.807) is 29.4 Å². The Morgan fingerprint density at radius 3 is 2.68 bits per heavy atom. The van der Waals surface area contributed by atoms with E-state index in [0.717, 1.165) is 25.7 Å². The fourth-order valence-corrected chi connectivity index (χ4v) is 4.83. The van der Waals surface area contributed by atoms with Crippen LogP contribution in [0, 0.1) is 11.8 Å². The van der Waals surface area contributed by atoms with Crippen molar-refractivity contribution < 1.29 is 9.59 Å². The van der Waals surface area contributed by atoms with Crippen molar-refractivity contribution in [3.05, 3.63) is 57.5 Å². The van der Waals surface area contributed by atoms with E-state index < -0.39 is 0 Å². The molecule has 0 aromatic carbocycles. The molecule has 2 aromatic heterocycles. The quantitative estimate of drug-likeness (QED) is 0.818. The summed E-state index contributed by atoms with van der Waals surface area (Å²) in [6.07, 6.45) is 7.40. The summed E-state index contributed by atoms with van der Waals surface area (Å²) in [7, 11) is 0. The molecule has 4 heterocycles. The second kappa shape index (κ2) is 7.90. The molecule has 162 valence electrons. The van der Waals surface area contributed by atoms with E-state index in [1.807, 2.05) is 4.90 Å². The smallest absolute Gasteiger partial charge is 0.254 e. The van der Waals surface area contributed by atoms with Crippen LogP contribution < -0.4 is 5.56 Å². The third-order valence-corrected chi connectivity index (χ3v) is 6.83. The van der Waals surface area contributed by atoms with Crippen LogP contribution in [0.15, 0.2) is 29.3 Å². The molecule has 31 heavy (non-hydrogen) atoms. The highest BCUT2D eigenvalue weighted by molar-refractivity contribution is 5.94. The summed E-state index contributed by atoms with van der Waals surface area (Å²) in [5.74, 6) is 1.21. The molecule has 2 amide bonds. The Labute approximate surface area is 180 Å².